The predicted molar refractivity (Wildman–Crippen MR) is 54.3 cm³/mol. The van der Waals surface area contributed by atoms with Crippen molar-refractivity contribution in [1.29, 1.82) is 0 Å². The van der Waals surface area contributed by atoms with Crippen LogP contribution in [0.2, 0.25) is 0 Å². The second kappa shape index (κ2) is 4.77. The van der Waals surface area contributed by atoms with Crippen molar-refractivity contribution in [3.63, 3.8) is 0 Å². The molecule has 1 heterocycles. The minimum atomic E-state index is -0.0841. The van der Waals surface area contributed by atoms with Gasteiger partial charge in [-0.3, -0.25) is 5.10 Å². The Bertz CT molecular complexity index is 306. The largest absolute Gasteiger partial charge is 0.338 e. The molecule has 0 saturated heterocycles. The van der Waals surface area contributed by atoms with Gasteiger partial charge in [0, 0.05) is 19.0 Å². The van der Waals surface area contributed by atoms with E-state index in [1.165, 1.54) is 12.7 Å². The van der Waals surface area contributed by atoms with Gasteiger partial charge in [0.05, 0.1) is 0 Å². The van der Waals surface area contributed by atoms with Gasteiger partial charge < -0.3 is 10.6 Å². The average molecular weight is 209 g/mol. The average Bonchev–Trinajstić information content (AvgIpc) is 2.64. The summed E-state index contributed by atoms with van der Waals surface area (Å²) in [6.07, 6.45) is 5.58. The first-order valence-corrected chi connectivity index (χ1v) is 5.23. The number of hydrogen-bond acceptors (Lipinski definition) is 3. The maximum absolute atomic E-state index is 11.3. The highest BCUT2D eigenvalue weighted by atomic mass is 16.2. The van der Waals surface area contributed by atoms with E-state index >= 15 is 0 Å². The lowest BCUT2D eigenvalue weighted by molar-refractivity contribution is 0.228. The third-order valence-corrected chi connectivity index (χ3v) is 2.55. The van der Waals surface area contributed by atoms with Crippen LogP contribution in [0.5, 0.6) is 0 Å². The summed E-state index contributed by atoms with van der Waals surface area (Å²) in [4.78, 5) is 15.3. The van der Waals surface area contributed by atoms with Gasteiger partial charge >= 0.3 is 6.03 Å². The lowest BCUT2D eigenvalue weighted by Gasteiger charge is -2.26. The number of aromatic amines is 1. The normalized spacial score (nSPS) is 15.7. The monoisotopic (exact) mass is 209 g/mol. The molecular formula is C9H15N5O. The molecule has 1 aromatic rings. The number of hydrogen-bond donors (Lipinski definition) is 3. The van der Waals surface area contributed by atoms with Gasteiger partial charge in [0.25, 0.3) is 0 Å². The Hall–Kier alpha value is -1.59. The van der Waals surface area contributed by atoms with Gasteiger partial charge in [0.1, 0.15) is 12.2 Å². The topological polar surface area (TPSA) is 82.7 Å². The number of carbonyl (C=O) groups excluding carboxylic acids is 1. The first-order valence-electron chi connectivity index (χ1n) is 5.23. The zero-order valence-electron chi connectivity index (χ0n) is 8.49. The molecule has 0 bridgehead atoms. The molecule has 1 aromatic heterocycles. The molecule has 1 fully saturated rings. The Morgan fingerprint density at radius 1 is 1.60 bits per heavy atom. The zero-order chi connectivity index (χ0) is 10.5. The Morgan fingerprint density at radius 3 is 3.07 bits per heavy atom. The molecule has 1 aliphatic rings. The van der Waals surface area contributed by atoms with Crippen molar-refractivity contribution in [1.82, 2.24) is 25.8 Å². The summed E-state index contributed by atoms with van der Waals surface area (Å²) in [6.45, 7) is 0.577. The summed E-state index contributed by atoms with van der Waals surface area (Å²) in [5.41, 5.74) is 0. The van der Waals surface area contributed by atoms with E-state index in [1.54, 1.807) is 0 Å². The van der Waals surface area contributed by atoms with Crippen LogP contribution in [0.1, 0.15) is 25.1 Å². The van der Waals surface area contributed by atoms with E-state index in [9.17, 15) is 4.79 Å². The van der Waals surface area contributed by atoms with E-state index in [2.05, 4.69) is 25.8 Å². The van der Waals surface area contributed by atoms with Gasteiger partial charge in [-0.2, -0.15) is 5.10 Å². The number of nitrogens with one attached hydrogen (secondary N) is 3. The highest BCUT2D eigenvalue weighted by Gasteiger charge is 2.18. The van der Waals surface area contributed by atoms with Crippen molar-refractivity contribution in [3.05, 3.63) is 12.2 Å². The highest BCUT2D eigenvalue weighted by Crippen LogP contribution is 2.17. The third-order valence-electron chi connectivity index (χ3n) is 2.55. The van der Waals surface area contributed by atoms with Gasteiger partial charge in [0.2, 0.25) is 0 Å². The van der Waals surface area contributed by atoms with Crippen molar-refractivity contribution >= 4 is 6.03 Å². The smallest absolute Gasteiger partial charge is 0.315 e. The Morgan fingerprint density at radius 2 is 2.47 bits per heavy atom. The lowest BCUT2D eigenvalue weighted by Crippen LogP contribution is -2.45. The van der Waals surface area contributed by atoms with Gasteiger partial charge in [0.15, 0.2) is 0 Å². The van der Waals surface area contributed by atoms with Gasteiger partial charge in [-0.05, 0) is 19.3 Å². The molecular weight excluding hydrogens is 194 g/mol. The summed E-state index contributed by atoms with van der Waals surface area (Å²) in [5.74, 6) is 0.791. The summed E-state index contributed by atoms with van der Waals surface area (Å²) < 4.78 is 0. The number of urea groups is 1. The SMILES string of the molecule is O=C(NCCc1ncn[nH]1)NC1CCC1. The molecule has 0 spiro atoms. The molecule has 1 aliphatic carbocycles. The van der Waals surface area contributed by atoms with E-state index in [-0.39, 0.29) is 6.03 Å². The molecule has 0 radical (unpaired) electrons. The third kappa shape index (κ3) is 2.93. The summed E-state index contributed by atoms with van der Waals surface area (Å²) >= 11 is 0. The van der Waals surface area contributed by atoms with Crippen LogP contribution in [0.4, 0.5) is 4.79 Å². The zero-order valence-corrected chi connectivity index (χ0v) is 8.49. The van der Waals surface area contributed by atoms with Crippen molar-refractivity contribution in [2.75, 3.05) is 6.54 Å². The number of nitrogens with zero attached hydrogens (tertiary/aromatic N) is 2. The molecule has 3 N–H and O–H groups in total. The van der Waals surface area contributed by atoms with E-state index < -0.39 is 0 Å². The van der Waals surface area contributed by atoms with Crippen LogP contribution in [0.25, 0.3) is 0 Å². The van der Waals surface area contributed by atoms with Crippen molar-refractivity contribution in [2.45, 2.75) is 31.7 Å². The molecule has 0 atom stereocenters. The van der Waals surface area contributed by atoms with Crippen molar-refractivity contribution in [2.24, 2.45) is 0 Å². The number of carbonyl (C=O) groups is 1. The van der Waals surface area contributed by atoms with E-state index in [0.717, 1.165) is 18.7 Å². The van der Waals surface area contributed by atoms with E-state index in [4.69, 9.17) is 0 Å². The fraction of sp³-hybridized carbons (Fsp3) is 0.667. The Labute approximate surface area is 87.9 Å². The van der Waals surface area contributed by atoms with E-state index in [1.807, 2.05) is 0 Å². The number of rotatable bonds is 4. The number of amides is 2. The fourth-order valence-electron chi connectivity index (χ4n) is 1.43. The molecule has 82 valence electrons. The molecule has 0 unspecified atom stereocenters. The van der Waals surface area contributed by atoms with Crippen LogP contribution in [-0.4, -0.2) is 33.8 Å². The van der Waals surface area contributed by atoms with Crippen LogP contribution in [-0.2, 0) is 6.42 Å². The molecule has 6 heteroatoms. The van der Waals surface area contributed by atoms with Gasteiger partial charge in [-0.25, -0.2) is 9.78 Å². The van der Waals surface area contributed by atoms with Gasteiger partial charge in [-0.1, -0.05) is 0 Å². The minimum absolute atomic E-state index is 0.0841. The standard InChI is InChI=1S/C9H15N5O/c15-9(13-7-2-1-3-7)10-5-4-8-11-6-12-14-8/h6-7H,1-5H2,(H2,10,13,15)(H,11,12,14). The Kier molecular flexibility index (Phi) is 3.16. The molecule has 2 rings (SSSR count). The van der Waals surface area contributed by atoms with Crippen molar-refractivity contribution in [3.8, 4) is 0 Å². The summed E-state index contributed by atoms with van der Waals surface area (Å²) in [6, 6.07) is 0.300. The first kappa shape index (κ1) is 9.95. The molecule has 6 nitrogen and oxygen atoms in total. The van der Waals surface area contributed by atoms with Gasteiger partial charge in [-0.15, -0.1) is 0 Å². The summed E-state index contributed by atoms with van der Waals surface area (Å²) in [7, 11) is 0. The molecule has 1 saturated carbocycles. The Balaban J connectivity index is 1.58. The molecule has 0 aliphatic heterocycles. The number of H-pyrrole nitrogens is 1. The van der Waals surface area contributed by atoms with Crippen LogP contribution in [0.15, 0.2) is 6.33 Å². The van der Waals surface area contributed by atoms with Crippen LogP contribution < -0.4 is 10.6 Å². The highest BCUT2D eigenvalue weighted by molar-refractivity contribution is 5.74. The maximum atomic E-state index is 11.3. The van der Waals surface area contributed by atoms with E-state index in [0.29, 0.717) is 19.0 Å². The fourth-order valence-corrected chi connectivity index (χ4v) is 1.43. The molecule has 15 heavy (non-hydrogen) atoms. The summed E-state index contributed by atoms with van der Waals surface area (Å²) in [5, 5.41) is 12.1. The molecule has 2 amide bonds. The second-order valence-corrected chi connectivity index (χ2v) is 3.71. The second-order valence-electron chi connectivity index (χ2n) is 3.71. The van der Waals surface area contributed by atoms with Crippen LogP contribution in [0, 0.1) is 0 Å². The lowest BCUT2D eigenvalue weighted by atomic mass is 9.93. The first-order chi connectivity index (χ1) is 7.34. The maximum Gasteiger partial charge on any atom is 0.315 e. The van der Waals surface area contributed by atoms with Crippen LogP contribution in [0.3, 0.4) is 0 Å². The number of aromatic nitrogens is 3. The van der Waals surface area contributed by atoms with Crippen LogP contribution >= 0.6 is 0 Å². The molecule has 0 aromatic carbocycles. The minimum Gasteiger partial charge on any atom is -0.338 e. The predicted octanol–water partition coefficient (Wildman–Crippen LogP) is 0.199. The quantitative estimate of drug-likeness (QED) is 0.662. The van der Waals surface area contributed by atoms with Crippen molar-refractivity contribution < 1.29 is 4.79 Å².